The van der Waals surface area contributed by atoms with Gasteiger partial charge in [-0.2, -0.15) is 13.2 Å². The van der Waals surface area contributed by atoms with Gasteiger partial charge in [0.05, 0.1) is 7.11 Å². The summed E-state index contributed by atoms with van der Waals surface area (Å²) in [6.07, 6.45) is -1.74. The first kappa shape index (κ1) is 20.0. The highest BCUT2D eigenvalue weighted by atomic mass is 19.4. The van der Waals surface area contributed by atoms with Crippen LogP contribution in [0.1, 0.15) is 24.0 Å². The van der Waals surface area contributed by atoms with Crippen molar-refractivity contribution in [3.05, 3.63) is 53.6 Å². The monoisotopic (exact) mass is 393 g/mol. The number of nitrogens with zero attached hydrogens (tertiary/aromatic N) is 1. The van der Waals surface area contributed by atoms with Gasteiger partial charge in [-0.25, -0.2) is 0 Å². The summed E-state index contributed by atoms with van der Waals surface area (Å²) in [6, 6.07) is 12.6. The van der Waals surface area contributed by atoms with E-state index in [-0.39, 0.29) is 17.4 Å². The summed E-state index contributed by atoms with van der Waals surface area (Å²) in [5.74, 6) is 0.279. The fraction of sp³-hybridized carbons (Fsp3) is 0.381. The summed E-state index contributed by atoms with van der Waals surface area (Å²) in [5.41, 5.74) is 2.94. The number of carbonyl (C=O) groups excluding carboxylic acids is 1. The largest absolute Gasteiger partial charge is 0.493 e. The number of aryl methyl sites for hydroxylation is 2. The van der Waals surface area contributed by atoms with Gasteiger partial charge in [0.25, 0.3) is 0 Å². The van der Waals surface area contributed by atoms with Crippen LogP contribution in [0.25, 0.3) is 0 Å². The molecule has 3 rings (SSSR count). The fourth-order valence-electron chi connectivity index (χ4n) is 3.33. The molecular formula is C21H22F3NO3. The van der Waals surface area contributed by atoms with Crippen LogP contribution in [0, 0.1) is 0 Å². The second-order valence-corrected chi connectivity index (χ2v) is 6.67. The maximum atomic E-state index is 12.7. The second-order valence-electron chi connectivity index (χ2n) is 6.67. The fourth-order valence-corrected chi connectivity index (χ4v) is 3.33. The molecule has 0 aromatic heterocycles. The Morgan fingerprint density at radius 2 is 1.93 bits per heavy atom. The molecule has 0 atom stereocenters. The number of amides is 1. The van der Waals surface area contributed by atoms with Crippen molar-refractivity contribution in [1.29, 1.82) is 0 Å². The smallest absolute Gasteiger partial charge is 0.422 e. The zero-order chi connectivity index (χ0) is 20.1. The van der Waals surface area contributed by atoms with Crippen LogP contribution in [0.3, 0.4) is 0 Å². The van der Waals surface area contributed by atoms with Gasteiger partial charge < -0.3 is 14.4 Å². The number of alkyl halides is 3. The summed E-state index contributed by atoms with van der Waals surface area (Å²) in [6.45, 7) is -0.682. The lowest BCUT2D eigenvalue weighted by atomic mass is 10.0. The van der Waals surface area contributed by atoms with E-state index in [1.54, 1.807) is 12.1 Å². The van der Waals surface area contributed by atoms with Crippen LogP contribution >= 0.6 is 0 Å². The highest BCUT2D eigenvalue weighted by Crippen LogP contribution is 2.31. The van der Waals surface area contributed by atoms with Crippen molar-refractivity contribution < 1.29 is 27.4 Å². The van der Waals surface area contributed by atoms with Gasteiger partial charge in [-0.1, -0.05) is 24.3 Å². The van der Waals surface area contributed by atoms with Crippen LogP contribution in [-0.2, 0) is 17.6 Å². The van der Waals surface area contributed by atoms with Gasteiger partial charge in [0.15, 0.2) is 18.1 Å². The summed E-state index contributed by atoms with van der Waals surface area (Å²) >= 11 is 0. The van der Waals surface area contributed by atoms with E-state index in [2.05, 4.69) is 0 Å². The van der Waals surface area contributed by atoms with Crippen molar-refractivity contribution in [2.24, 2.45) is 0 Å². The Hall–Kier alpha value is -2.70. The first-order valence-corrected chi connectivity index (χ1v) is 9.12. The Labute approximate surface area is 161 Å². The molecule has 0 saturated carbocycles. The van der Waals surface area contributed by atoms with Crippen molar-refractivity contribution in [2.75, 3.05) is 25.2 Å². The van der Waals surface area contributed by atoms with E-state index in [1.807, 2.05) is 29.2 Å². The van der Waals surface area contributed by atoms with Crippen LogP contribution < -0.4 is 14.4 Å². The van der Waals surface area contributed by atoms with E-state index in [1.165, 1.54) is 18.7 Å². The molecule has 150 valence electrons. The Morgan fingerprint density at radius 1 is 1.14 bits per heavy atom. The molecule has 0 fully saturated rings. The number of ether oxygens (including phenoxy) is 2. The average molecular weight is 393 g/mol. The topological polar surface area (TPSA) is 38.8 Å². The Bertz CT molecular complexity index is 836. The SMILES string of the molecule is COc1cc(CCC(=O)N2CCCc3ccccc32)ccc1OCC(F)(F)F. The Balaban J connectivity index is 1.64. The minimum absolute atomic E-state index is 0.0276. The van der Waals surface area contributed by atoms with Gasteiger partial charge in [0.1, 0.15) is 0 Å². The average Bonchev–Trinajstić information content (AvgIpc) is 2.69. The summed E-state index contributed by atoms with van der Waals surface area (Å²) in [5, 5.41) is 0. The molecule has 1 amide bonds. The number of halogens is 3. The van der Waals surface area contributed by atoms with E-state index >= 15 is 0 Å². The lowest BCUT2D eigenvalue weighted by Crippen LogP contribution is -2.35. The molecule has 1 heterocycles. The standard InChI is InChI=1S/C21H22F3NO3/c1-27-19-13-15(8-10-18(19)28-14-21(22,23)24)9-11-20(26)25-12-4-6-16-5-2-3-7-17(16)25/h2-3,5,7-8,10,13H,4,6,9,11-12,14H2,1H3. The molecule has 0 unspecified atom stereocenters. The van der Waals surface area contributed by atoms with Crippen molar-refractivity contribution in [2.45, 2.75) is 31.9 Å². The molecule has 0 N–H and O–H groups in total. The highest BCUT2D eigenvalue weighted by Gasteiger charge is 2.29. The molecule has 28 heavy (non-hydrogen) atoms. The minimum Gasteiger partial charge on any atom is -0.493 e. The Morgan fingerprint density at radius 3 is 2.68 bits per heavy atom. The maximum absolute atomic E-state index is 12.7. The van der Waals surface area contributed by atoms with Crippen LogP contribution in [0.4, 0.5) is 18.9 Å². The van der Waals surface area contributed by atoms with Gasteiger partial charge in [-0.3, -0.25) is 4.79 Å². The number of benzene rings is 2. The number of hydrogen-bond acceptors (Lipinski definition) is 3. The zero-order valence-corrected chi connectivity index (χ0v) is 15.6. The van der Waals surface area contributed by atoms with Crippen LogP contribution in [0.5, 0.6) is 11.5 Å². The molecule has 4 nitrogen and oxygen atoms in total. The number of methoxy groups -OCH3 is 1. The molecule has 1 aliphatic heterocycles. The van der Waals surface area contributed by atoms with E-state index in [4.69, 9.17) is 9.47 Å². The van der Waals surface area contributed by atoms with Crippen LogP contribution in [0.2, 0.25) is 0 Å². The van der Waals surface area contributed by atoms with E-state index in [0.717, 1.165) is 24.1 Å². The summed E-state index contributed by atoms with van der Waals surface area (Å²) in [7, 11) is 1.37. The molecule has 0 bridgehead atoms. The van der Waals surface area contributed by atoms with Crippen LogP contribution in [-0.4, -0.2) is 32.3 Å². The van der Waals surface area contributed by atoms with Crippen LogP contribution in [0.15, 0.2) is 42.5 Å². The van der Waals surface area contributed by atoms with E-state index in [9.17, 15) is 18.0 Å². The molecule has 2 aromatic rings. The Kier molecular flexibility index (Phi) is 6.11. The van der Waals surface area contributed by atoms with Gasteiger partial charge in [-0.15, -0.1) is 0 Å². The number of hydrogen-bond donors (Lipinski definition) is 0. The number of carbonyl (C=O) groups is 1. The third kappa shape index (κ3) is 4.97. The van der Waals surface area contributed by atoms with E-state index < -0.39 is 12.8 Å². The number of rotatable bonds is 6. The van der Waals surface area contributed by atoms with Crippen molar-refractivity contribution >= 4 is 11.6 Å². The molecule has 0 radical (unpaired) electrons. The molecule has 7 heteroatoms. The molecule has 0 spiro atoms. The second kappa shape index (κ2) is 8.54. The first-order valence-electron chi connectivity index (χ1n) is 9.12. The highest BCUT2D eigenvalue weighted by molar-refractivity contribution is 5.94. The third-order valence-corrected chi connectivity index (χ3v) is 4.66. The van der Waals surface area contributed by atoms with Gasteiger partial charge in [0.2, 0.25) is 5.91 Å². The lowest BCUT2D eigenvalue weighted by Gasteiger charge is -2.29. The van der Waals surface area contributed by atoms with Gasteiger partial charge >= 0.3 is 6.18 Å². The lowest BCUT2D eigenvalue weighted by molar-refractivity contribution is -0.153. The molecule has 2 aromatic carbocycles. The number of anilines is 1. The zero-order valence-electron chi connectivity index (χ0n) is 15.6. The van der Waals surface area contributed by atoms with Gasteiger partial charge in [0, 0.05) is 18.7 Å². The number of fused-ring (bicyclic) bond motifs is 1. The first-order chi connectivity index (χ1) is 13.4. The predicted molar refractivity (Wildman–Crippen MR) is 100.0 cm³/mol. The molecule has 1 aliphatic rings. The van der Waals surface area contributed by atoms with Crippen molar-refractivity contribution in [3.63, 3.8) is 0 Å². The maximum Gasteiger partial charge on any atom is 0.422 e. The summed E-state index contributed by atoms with van der Waals surface area (Å²) in [4.78, 5) is 14.5. The van der Waals surface area contributed by atoms with Gasteiger partial charge in [-0.05, 0) is 48.6 Å². The summed E-state index contributed by atoms with van der Waals surface area (Å²) < 4.78 is 46.9. The normalized spacial score (nSPS) is 13.8. The molecule has 0 aliphatic carbocycles. The predicted octanol–water partition coefficient (Wildman–Crippen LogP) is 4.55. The minimum atomic E-state index is -4.42. The van der Waals surface area contributed by atoms with Crippen molar-refractivity contribution in [1.82, 2.24) is 0 Å². The van der Waals surface area contributed by atoms with E-state index in [0.29, 0.717) is 19.4 Å². The quantitative estimate of drug-likeness (QED) is 0.723. The third-order valence-electron chi connectivity index (χ3n) is 4.66. The molecule has 0 saturated heterocycles. The number of para-hydroxylation sites is 1. The van der Waals surface area contributed by atoms with Crippen molar-refractivity contribution in [3.8, 4) is 11.5 Å². The molecular weight excluding hydrogens is 371 g/mol.